The number of sulfonamides is 1. The maximum Gasteiger partial charge on any atom is 0.240 e. The van der Waals surface area contributed by atoms with Gasteiger partial charge in [-0.1, -0.05) is 26.8 Å². The standard InChI is InChI=1S/C19H28N4O2S/c1-5-14-12-16(26(24,25)21-8-4)13-15(6-2)19(14)23-18-11-9-10-17(22-18)20-7-3/h9-13,21H,5-8H2,1-4H3,(H2,20,22,23). The molecule has 3 N–H and O–H groups in total. The van der Waals surface area contributed by atoms with Crippen LogP contribution in [0, 0.1) is 0 Å². The first kappa shape index (κ1) is 20.2. The molecule has 142 valence electrons. The molecule has 0 saturated heterocycles. The predicted molar refractivity (Wildman–Crippen MR) is 108 cm³/mol. The van der Waals surface area contributed by atoms with E-state index in [4.69, 9.17) is 0 Å². The first-order valence-corrected chi connectivity index (χ1v) is 10.6. The van der Waals surface area contributed by atoms with E-state index < -0.39 is 10.0 Å². The molecule has 0 bridgehead atoms. The fourth-order valence-electron chi connectivity index (χ4n) is 2.79. The molecule has 1 heterocycles. The lowest BCUT2D eigenvalue weighted by molar-refractivity contribution is 0.583. The Morgan fingerprint density at radius 3 is 2.08 bits per heavy atom. The topological polar surface area (TPSA) is 83.1 Å². The number of benzene rings is 1. The Kier molecular flexibility index (Phi) is 6.99. The lowest BCUT2D eigenvalue weighted by Gasteiger charge is -2.18. The molecule has 0 aliphatic carbocycles. The summed E-state index contributed by atoms with van der Waals surface area (Å²) in [4.78, 5) is 4.87. The molecule has 0 saturated carbocycles. The van der Waals surface area contributed by atoms with E-state index in [1.165, 1.54) is 0 Å². The normalized spacial score (nSPS) is 11.4. The Labute approximate surface area is 156 Å². The van der Waals surface area contributed by atoms with Gasteiger partial charge in [0.05, 0.1) is 4.90 Å². The largest absolute Gasteiger partial charge is 0.370 e. The molecule has 0 fully saturated rings. The summed E-state index contributed by atoms with van der Waals surface area (Å²) in [6.07, 6.45) is 1.44. The fraction of sp³-hybridized carbons (Fsp3) is 0.421. The summed E-state index contributed by atoms with van der Waals surface area (Å²) in [6, 6.07) is 9.25. The van der Waals surface area contributed by atoms with Gasteiger partial charge in [-0.15, -0.1) is 0 Å². The molecule has 0 spiro atoms. The van der Waals surface area contributed by atoms with Crippen LogP contribution in [-0.2, 0) is 22.9 Å². The van der Waals surface area contributed by atoms with Gasteiger partial charge in [-0.05, 0) is 55.2 Å². The molecular weight excluding hydrogens is 348 g/mol. The van der Waals surface area contributed by atoms with Crippen molar-refractivity contribution in [2.75, 3.05) is 23.7 Å². The summed E-state index contributed by atoms with van der Waals surface area (Å²) in [7, 11) is -3.48. The van der Waals surface area contributed by atoms with E-state index >= 15 is 0 Å². The van der Waals surface area contributed by atoms with E-state index in [9.17, 15) is 8.42 Å². The van der Waals surface area contributed by atoms with Crippen molar-refractivity contribution in [2.24, 2.45) is 0 Å². The summed E-state index contributed by atoms with van der Waals surface area (Å²) < 4.78 is 27.4. The zero-order chi connectivity index (χ0) is 19.2. The molecule has 0 aliphatic heterocycles. The van der Waals surface area contributed by atoms with Gasteiger partial charge in [-0.3, -0.25) is 0 Å². The van der Waals surface area contributed by atoms with Crippen LogP contribution in [0.3, 0.4) is 0 Å². The van der Waals surface area contributed by atoms with Gasteiger partial charge >= 0.3 is 0 Å². The van der Waals surface area contributed by atoms with Gasteiger partial charge < -0.3 is 10.6 Å². The molecule has 1 aromatic carbocycles. The quantitative estimate of drug-likeness (QED) is 0.622. The summed E-state index contributed by atoms with van der Waals surface area (Å²) >= 11 is 0. The second-order valence-corrected chi connectivity index (χ2v) is 7.66. The number of nitrogens with one attached hydrogen (secondary N) is 3. The van der Waals surface area contributed by atoms with Crippen LogP contribution in [-0.4, -0.2) is 26.5 Å². The molecule has 0 radical (unpaired) electrons. The van der Waals surface area contributed by atoms with Crippen molar-refractivity contribution in [2.45, 2.75) is 45.4 Å². The van der Waals surface area contributed by atoms with Crippen LogP contribution < -0.4 is 15.4 Å². The van der Waals surface area contributed by atoms with Gasteiger partial charge in [0.25, 0.3) is 0 Å². The van der Waals surface area contributed by atoms with Crippen LogP contribution in [0.5, 0.6) is 0 Å². The minimum Gasteiger partial charge on any atom is -0.370 e. The molecule has 7 heteroatoms. The molecule has 0 aliphatic rings. The van der Waals surface area contributed by atoms with Crippen LogP contribution in [0.2, 0.25) is 0 Å². The third kappa shape index (κ3) is 4.74. The molecular formula is C19H28N4O2S. The molecule has 0 atom stereocenters. The smallest absolute Gasteiger partial charge is 0.240 e. The predicted octanol–water partition coefficient (Wildman–Crippen LogP) is 3.68. The first-order chi connectivity index (χ1) is 12.4. The van der Waals surface area contributed by atoms with E-state index in [1.54, 1.807) is 19.1 Å². The van der Waals surface area contributed by atoms with Crippen molar-refractivity contribution in [1.82, 2.24) is 9.71 Å². The van der Waals surface area contributed by atoms with E-state index in [0.29, 0.717) is 11.4 Å². The molecule has 6 nitrogen and oxygen atoms in total. The zero-order valence-corrected chi connectivity index (χ0v) is 16.7. The monoisotopic (exact) mass is 376 g/mol. The number of aromatic nitrogens is 1. The van der Waals surface area contributed by atoms with Gasteiger partial charge in [0.2, 0.25) is 10.0 Å². The first-order valence-electron chi connectivity index (χ1n) is 9.08. The summed E-state index contributed by atoms with van der Waals surface area (Å²) in [5.74, 6) is 1.54. The number of hydrogen-bond donors (Lipinski definition) is 3. The Morgan fingerprint density at radius 2 is 1.54 bits per heavy atom. The van der Waals surface area contributed by atoms with E-state index in [-0.39, 0.29) is 0 Å². The third-order valence-corrected chi connectivity index (χ3v) is 5.57. The zero-order valence-electron chi connectivity index (χ0n) is 15.9. The number of nitrogens with zero attached hydrogens (tertiary/aromatic N) is 1. The maximum atomic E-state index is 12.4. The Bertz CT molecular complexity index is 825. The molecule has 2 aromatic rings. The molecule has 0 unspecified atom stereocenters. The van der Waals surface area contributed by atoms with E-state index in [1.807, 2.05) is 39.0 Å². The van der Waals surface area contributed by atoms with Gasteiger partial charge in [0.15, 0.2) is 0 Å². The lowest BCUT2D eigenvalue weighted by atomic mass is 10.0. The molecule has 0 amide bonds. The minimum absolute atomic E-state index is 0.313. The average Bonchev–Trinajstić information content (AvgIpc) is 2.62. The maximum absolute atomic E-state index is 12.4. The summed E-state index contributed by atoms with van der Waals surface area (Å²) in [5.41, 5.74) is 2.85. The Balaban J connectivity index is 2.46. The highest BCUT2D eigenvalue weighted by Crippen LogP contribution is 2.29. The van der Waals surface area contributed by atoms with Gasteiger partial charge in [0.1, 0.15) is 11.6 Å². The van der Waals surface area contributed by atoms with Crippen LogP contribution in [0.15, 0.2) is 35.2 Å². The van der Waals surface area contributed by atoms with Crippen LogP contribution in [0.25, 0.3) is 0 Å². The highest BCUT2D eigenvalue weighted by Gasteiger charge is 2.18. The summed E-state index contributed by atoms with van der Waals surface area (Å²) in [6.45, 7) is 9.01. The van der Waals surface area contributed by atoms with E-state index in [0.717, 1.165) is 47.8 Å². The second-order valence-electron chi connectivity index (χ2n) is 5.89. The van der Waals surface area contributed by atoms with Crippen molar-refractivity contribution < 1.29 is 8.42 Å². The highest BCUT2D eigenvalue weighted by atomic mass is 32.2. The van der Waals surface area contributed by atoms with Crippen molar-refractivity contribution in [3.05, 3.63) is 41.5 Å². The van der Waals surface area contributed by atoms with Crippen molar-refractivity contribution in [3.63, 3.8) is 0 Å². The van der Waals surface area contributed by atoms with E-state index in [2.05, 4.69) is 20.3 Å². The average molecular weight is 377 g/mol. The minimum atomic E-state index is -3.48. The van der Waals surface area contributed by atoms with Gasteiger partial charge in [0, 0.05) is 18.8 Å². The van der Waals surface area contributed by atoms with Gasteiger partial charge in [-0.25, -0.2) is 18.1 Å². The highest BCUT2D eigenvalue weighted by molar-refractivity contribution is 7.89. The van der Waals surface area contributed by atoms with Crippen molar-refractivity contribution >= 4 is 27.3 Å². The van der Waals surface area contributed by atoms with Gasteiger partial charge in [-0.2, -0.15) is 0 Å². The lowest BCUT2D eigenvalue weighted by Crippen LogP contribution is -2.23. The SMILES string of the molecule is CCNc1cccc(Nc2c(CC)cc(S(=O)(=O)NCC)cc2CC)n1. The molecule has 26 heavy (non-hydrogen) atoms. The third-order valence-electron chi connectivity index (χ3n) is 4.04. The Morgan fingerprint density at radius 1 is 0.923 bits per heavy atom. The fourth-order valence-corrected chi connectivity index (χ4v) is 3.94. The molecule has 1 aromatic heterocycles. The van der Waals surface area contributed by atoms with Crippen LogP contribution >= 0.6 is 0 Å². The van der Waals surface area contributed by atoms with Crippen LogP contribution in [0.1, 0.15) is 38.8 Å². The second kappa shape index (κ2) is 9.00. The number of anilines is 3. The van der Waals surface area contributed by atoms with Crippen molar-refractivity contribution in [3.8, 4) is 0 Å². The number of hydrogen-bond acceptors (Lipinski definition) is 5. The number of rotatable bonds is 9. The summed E-state index contributed by atoms with van der Waals surface area (Å²) in [5, 5.41) is 6.58. The van der Waals surface area contributed by atoms with Crippen molar-refractivity contribution in [1.29, 1.82) is 0 Å². The number of aryl methyl sites for hydroxylation is 2. The van der Waals surface area contributed by atoms with Crippen LogP contribution in [0.4, 0.5) is 17.3 Å². The molecule has 2 rings (SSSR count). The number of pyridine rings is 1. The Hall–Kier alpha value is -2.12.